The molecule has 110 valence electrons. The van der Waals surface area contributed by atoms with Crippen LogP contribution >= 0.6 is 11.6 Å². The van der Waals surface area contributed by atoms with E-state index in [0.29, 0.717) is 23.3 Å². The molecule has 7 heteroatoms. The minimum atomic E-state index is -0.570. The van der Waals surface area contributed by atoms with Gasteiger partial charge in [-0.1, -0.05) is 11.6 Å². The molecule has 5 nitrogen and oxygen atoms in total. The van der Waals surface area contributed by atoms with Gasteiger partial charge in [0.1, 0.15) is 17.2 Å². The van der Waals surface area contributed by atoms with Crippen molar-refractivity contribution in [3.8, 4) is 0 Å². The zero-order valence-corrected chi connectivity index (χ0v) is 12.4. The third-order valence-electron chi connectivity index (χ3n) is 4.25. The lowest BCUT2D eigenvalue weighted by Gasteiger charge is -2.34. The summed E-state index contributed by atoms with van der Waals surface area (Å²) >= 11 is 5.76. The van der Waals surface area contributed by atoms with Crippen LogP contribution in [0.3, 0.4) is 0 Å². The Bertz CT molecular complexity index is 710. The van der Waals surface area contributed by atoms with Gasteiger partial charge in [0.2, 0.25) is 0 Å². The maximum Gasteiger partial charge on any atom is 0.186 e. The number of halogens is 2. The van der Waals surface area contributed by atoms with Gasteiger partial charge in [-0.05, 0) is 19.8 Å². The molecule has 0 saturated carbocycles. The Labute approximate surface area is 126 Å². The van der Waals surface area contributed by atoms with E-state index in [2.05, 4.69) is 25.2 Å². The molecular weight excluding hydrogens is 293 g/mol. The van der Waals surface area contributed by atoms with Gasteiger partial charge in [-0.3, -0.25) is 0 Å². The van der Waals surface area contributed by atoms with Gasteiger partial charge >= 0.3 is 0 Å². The number of nitrogens with zero attached hydrogens (tertiary/aromatic N) is 4. The Hall–Kier alpha value is -1.53. The predicted molar refractivity (Wildman–Crippen MR) is 79.2 cm³/mol. The van der Waals surface area contributed by atoms with E-state index in [0.717, 1.165) is 18.9 Å². The first-order valence-electron chi connectivity index (χ1n) is 7.11. The van der Waals surface area contributed by atoms with Crippen LogP contribution in [0.1, 0.15) is 18.7 Å². The maximum atomic E-state index is 14.2. The van der Waals surface area contributed by atoms with E-state index in [4.69, 9.17) is 11.6 Å². The Morgan fingerprint density at radius 1 is 1.29 bits per heavy atom. The fourth-order valence-corrected chi connectivity index (χ4v) is 3.48. The molecule has 0 aromatic carbocycles. The van der Waals surface area contributed by atoms with Crippen molar-refractivity contribution in [3.63, 3.8) is 0 Å². The van der Waals surface area contributed by atoms with E-state index in [1.807, 2.05) is 0 Å². The van der Waals surface area contributed by atoms with Crippen LogP contribution < -0.4 is 10.2 Å². The average molecular weight is 308 g/mol. The second-order valence-corrected chi connectivity index (χ2v) is 6.12. The van der Waals surface area contributed by atoms with Gasteiger partial charge in [0.25, 0.3) is 0 Å². The molecule has 1 N–H and O–H groups in total. The van der Waals surface area contributed by atoms with Crippen molar-refractivity contribution in [1.29, 1.82) is 0 Å². The highest BCUT2D eigenvalue weighted by molar-refractivity contribution is 6.30. The second-order valence-electron chi connectivity index (χ2n) is 5.76. The first-order chi connectivity index (χ1) is 10.1. The molecule has 2 aromatic heterocycles. The fraction of sp³-hybridized carbons (Fsp3) is 0.500. The van der Waals surface area contributed by atoms with Crippen molar-refractivity contribution in [2.45, 2.75) is 31.8 Å². The Kier molecular flexibility index (Phi) is 2.97. The van der Waals surface area contributed by atoms with E-state index in [9.17, 15) is 4.39 Å². The number of anilines is 1. The summed E-state index contributed by atoms with van der Waals surface area (Å²) in [4.78, 5) is 14.8. The van der Waals surface area contributed by atoms with Crippen LogP contribution in [-0.4, -0.2) is 40.1 Å². The molecule has 2 bridgehead atoms. The number of aromatic nitrogens is 3. The zero-order chi connectivity index (χ0) is 14.6. The smallest absolute Gasteiger partial charge is 0.186 e. The average Bonchev–Trinajstić information content (AvgIpc) is 2.81. The summed E-state index contributed by atoms with van der Waals surface area (Å²) in [7, 11) is 0. The van der Waals surface area contributed by atoms with Gasteiger partial charge < -0.3 is 10.2 Å². The lowest BCUT2D eigenvalue weighted by molar-refractivity contribution is 0.464. The van der Waals surface area contributed by atoms with Gasteiger partial charge in [0, 0.05) is 31.4 Å². The quantitative estimate of drug-likeness (QED) is 0.817. The molecule has 4 rings (SSSR count). The van der Waals surface area contributed by atoms with Crippen molar-refractivity contribution in [1.82, 2.24) is 20.3 Å². The van der Waals surface area contributed by atoms with Crippen molar-refractivity contribution in [2.24, 2.45) is 0 Å². The van der Waals surface area contributed by atoms with Gasteiger partial charge in [-0.2, -0.15) is 0 Å². The third kappa shape index (κ3) is 2.13. The molecule has 2 unspecified atom stereocenters. The van der Waals surface area contributed by atoms with E-state index < -0.39 is 5.82 Å². The molecule has 0 aliphatic carbocycles. The molecule has 2 saturated heterocycles. The summed E-state index contributed by atoms with van der Waals surface area (Å²) in [5, 5.41) is 4.06. The van der Waals surface area contributed by atoms with E-state index in [1.54, 1.807) is 13.1 Å². The number of hydrogen-bond donors (Lipinski definition) is 1. The normalized spacial score (nSPS) is 24.8. The number of aryl methyl sites for hydroxylation is 1. The van der Waals surface area contributed by atoms with E-state index in [1.165, 1.54) is 12.8 Å². The summed E-state index contributed by atoms with van der Waals surface area (Å²) < 4.78 is 14.2. The number of nitrogens with one attached hydrogen (secondary N) is 1. The number of hydrogen-bond acceptors (Lipinski definition) is 5. The standard InChI is InChI=1S/C14H15ClFN5/c1-7-18-12-10(4-17-13(15)11(12)16)14(19-7)21-5-8-2-3-9(6-21)20-8/h4,8-9,20H,2-3,5-6H2,1H3. The monoisotopic (exact) mass is 307 g/mol. The first-order valence-corrected chi connectivity index (χ1v) is 7.49. The highest BCUT2D eigenvalue weighted by Crippen LogP contribution is 2.31. The molecular formula is C14H15ClFN5. The Balaban J connectivity index is 1.86. The first kappa shape index (κ1) is 13.2. The highest BCUT2D eigenvalue weighted by Gasteiger charge is 2.33. The van der Waals surface area contributed by atoms with Gasteiger partial charge in [0.05, 0.1) is 5.39 Å². The molecule has 2 fully saturated rings. The van der Waals surface area contributed by atoms with Crippen molar-refractivity contribution in [2.75, 3.05) is 18.0 Å². The van der Waals surface area contributed by atoms with Crippen molar-refractivity contribution < 1.29 is 4.39 Å². The fourth-order valence-electron chi connectivity index (χ4n) is 3.34. The lowest BCUT2D eigenvalue weighted by Crippen LogP contribution is -2.51. The summed E-state index contributed by atoms with van der Waals surface area (Å²) in [6.07, 6.45) is 3.93. The predicted octanol–water partition coefficient (Wildman–Crippen LogP) is 2.07. The summed E-state index contributed by atoms with van der Waals surface area (Å²) in [6, 6.07) is 0.971. The number of fused-ring (bicyclic) bond motifs is 3. The largest absolute Gasteiger partial charge is 0.353 e. The molecule has 4 heterocycles. The van der Waals surface area contributed by atoms with Crippen LogP contribution in [-0.2, 0) is 0 Å². The molecule has 21 heavy (non-hydrogen) atoms. The van der Waals surface area contributed by atoms with Crippen LogP contribution in [0.2, 0.25) is 5.15 Å². The third-order valence-corrected chi connectivity index (χ3v) is 4.51. The molecule has 2 atom stereocenters. The topological polar surface area (TPSA) is 53.9 Å². The second kappa shape index (κ2) is 4.74. The molecule has 2 aliphatic rings. The zero-order valence-electron chi connectivity index (χ0n) is 11.6. The van der Waals surface area contributed by atoms with Crippen LogP contribution in [0, 0.1) is 12.7 Å². The molecule has 0 amide bonds. The molecule has 2 aromatic rings. The molecule has 0 spiro atoms. The van der Waals surface area contributed by atoms with Gasteiger partial charge in [0.15, 0.2) is 11.0 Å². The summed E-state index contributed by atoms with van der Waals surface area (Å²) in [6.45, 7) is 3.53. The number of pyridine rings is 1. The SMILES string of the molecule is Cc1nc(N2CC3CCC(C2)N3)c2cnc(Cl)c(F)c2n1. The molecule has 0 radical (unpaired) electrons. The summed E-state index contributed by atoms with van der Waals surface area (Å²) in [5.74, 6) is 0.738. The Morgan fingerprint density at radius 2 is 2.00 bits per heavy atom. The van der Waals surface area contributed by atoms with Crippen LogP contribution in [0.15, 0.2) is 6.20 Å². The van der Waals surface area contributed by atoms with E-state index in [-0.39, 0.29) is 10.7 Å². The van der Waals surface area contributed by atoms with Crippen LogP contribution in [0.4, 0.5) is 10.2 Å². The van der Waals surface area contributed by atoms with Gasteiger partial charge in [-0.15, -0.1) is 0 Å². The van der Waals surface area contributed by atoms with Crippen molar-refractivity contribution >= 4 is 28.3 Å². The Morgan fingerprint density at radius 3 is 2.71 bits per heavy atom. The van der Waals surface area contributed by atoms with Crippen LogP contribution in [0.25, 0.3) is 10.9 Å². The van der Waals surface area contributed by atoms with Gasteiger partial charge in [-0.25, -0.2) is 19.3 Å². The minimum absolute atomic E-state index is 0.146. The van der Waals surface area contributed by atoms with E-state index >= 15 is 0 Å². The molecule has 2 aliphatic heterocycles. The lowest BCUT2D eigenvalue weighted by atomic mass is 10.2. The minimum Gasteiger partial charge on any atom is -0.353 e. The highest BCUT2D eigenvalue weighted by atomic mass is 35.5. The van der Waals surface area contributed by atoms with Crippen molar-refractivity contribution in [3.05, 3.63) is 23.0 Å². The maximum absolute atomic E-state index is 14.2. The number of rotatable bonds is 1. The van der Waals surface area contributed by atoms with Crippen LogP contribution in [0.5, 0.6) is 0 Å². The number of piperazine rings is 1. The summed E-state index contributed by atoms with van der Waals surface area (Å²) in [5.41, 5.74) is 0.253.